The van der Waals surface area contributed by atoms with Crippen LogP contribution in [-0.4, -0.2) is 9.78 Å². The lowest BCUT2D eigenvalue weighted by Crippen LogP contribution is -1.98. The molecule has 0 aliphatic heterocycles. The molecule has 1 aliphatic rings. The molecule has 0 unspecified atom stereocenters. The van der Waals surface area contributed by atoms with Gasteiger partial charge in [0.25, 0.3) is 0 Å². The van der Waals surface area contributed by atoms with Gasteiger partial charge < -0.3 is 5.73 Å². The van der Waals surface area contributed by atoms with Crippen LogP contribution in [-0.2, 0) is 7.05 Å². The second-order valence-electron chi connectivity index (χ2n) is 7.15. The first-order valence-electron chi connectivity index (χ1n) is 7.26. The third kappa shape index (κ3) is 1.90. The molecule has 0 radical (unpaired) electrons. The van der Waals surface area contributed by atoms with Gasteiger partial charge in [0.2, 0.25) is 0 Å². The molecule has 1 heterocycles. The lowest BCUT2D eigenvalue weighted by Gasteiger charge is -2.06. The van der Waals surface area contributed by atoms with E-state index in [0.717, 1.165) is 21.8 Å². The maximum absolute atomic E-state index is 6.28. The van der Waals surface area contributed by atoms with Crippen LogP contribution < -0.4 is 5.73 Å². The van der Waals surface area contributed by atoms with Crippen molar-refractivity contribution in [2.45, 2.75) is 33.6 Å². The van der Waals surface area contributed by atoms with Crippen molar-refractivity contribution in [3.63, 3.8) is 0 Å². The minimum atomic E-state index is 0.231. The second-order valence-corrected chi connectivity index (χ2v) is 7.59. The van der Waals surface area contributed by atoms with E-state index in [9.17, 15) is 0 Å². The predicted molar refractivity (Wildman–Crippen MR) is 88.4 cm³/mol. The SMILES string of the molecule is Cn1nc(C2C(C)(C)C2(C)C)c(-c2ccc(Cl)cc2)c1N. The highest BCUT2D eigenvalue weighted by Gasteiger charge is 2.66. The average Bonchev–Trinajstić information content (AvgIpc) is 2.63. The van der Waals surface area contributed by atoms with Crippen molar-refractivity contribution < 1.29 is 0 Å². The number of halogens is 1. The Labute approximate surface area is 131 Å². The molecule has 2 N–H and O–H groups in total. The fraction of sp³-hybridized carbons (Fsp3) is 0.471. The highest BCUT2D eigenvalue weighted by Crippen LogP contribution is 2.74. The normalized spacial score (nSPS) is 19.7. The molecule has 1 aliphatic carbocycles. The molecule has 21 heavy (non-hydrogen) atoms. The standard InChI is InChI=1S/C17H22ClN3/c1-16(2)14(17(16,3)4)13-12(15(19)21(5)20-13)10-6-8-11(18)9-7-10/h6-9,14H,19H2,1-5H3. The molecule has 2 aromatic rings. The molecular weight excluding hydrogens is 282 g/mol. The van der Waals surface area contributed by atoms with E-state index in [1.807, 2.05) is 31.3 Å². The quantitative estimate of drug-likeness (QED) is 0.889. The maximum atomic E-state index is 6.28. The Kier molecular flexibility index (Phi) is 2.93. The summed E-state index contributed by atoms with van der Waals surface area (Å²) in [6, 6.07) is 7.83. The number of nitrogen functional groups attached to an aromatic ring is 1. The molecule has 1 saturated carbocycles. The first-order chi connectivity index (χ1) is 9.68. The van der Waals surface area contributed by atoms with Crippen LogP contribution in [0, 0.1) is 10.8 Å². The molecule has 0 amide bonds. The van der Waals surface area contributed by atoms with Gasteiger partial charge in [-0.15, -0.1) is 0 Å². The third-order valence-corrected chi connectivity index (χ3v) is 5.80. The summed E-state index contributed by atoms with van der Waals surface area (Å²) in [6.07, 6.45) is 0. The van der Waals surface area contributed by atoms with Gasteiger partial charge in [0, 0.05) is 23.6 Å². The fourth-order valence-electron chi connectivity index (χ4n) is 3.55. The van der Waals surface area contributed by atoms with E-state index in [1.54, 1.807) is 4.68 Å². The summed E-state index contributed by atoms with van der Waals surface area (Å²) in [7, 11) is 1.90. The summed E-state index contributed by atoms with van der Waals surface area (Å²) in [4.78, 5) is 0. The molecule has 3 nitrogen and oxygen atoms in total. The Morgan fingerprint density at radius 1 is 1.10 bits per heavy atom. The Morgan fingerprint density at radius 2 is 1.62 bits per heavy atom. The summed E-state index contributed by atoms with van der Waals surface area (Å²) in [5, 5.41) is 5.45. The van der Waals surface area contributed by atoms with E-state index < -0.39 is 0 Å². The number of hydrogen-bond donors (Lipinski definition) is 1. The Balaban J connectivity index is 2.16. The molecule has 112 valence electrons. The van der Waals surface area contributed by atoms with Crippen molar-refractivity contribution in [1.29, 1.82) is 0 Å². The fourth-order valence-corrected chi connectivity index (χ4v) is 3.68. The lowest BCUT2D eigenvalue weighted by molar-refractivity contribution is 0.457. The molecule has 0 saturated heterocycles. The smallest absolute Gasteiger partial charge is 0.129 e. The predicted octanol–water partition coefficient (Wildman–Crippen LogP) is 4.47. The molecule has 1 fully saturated rings. The zero-order valence-electron chi connectivity index (χ0n) is 13.2. The summed E-state index contributed by atoms with van der Waals surface area (Å²) < 4.78 is 1.78. The molecular formula is C17H22ClN3. The largest absolute Gasteiger partial charge is 0.383 e. The summed E-state index contributed by atoms with van der Waals surface area (Å²) in [5.74, 6) is 1.13. The average molecular weight is 304 g/mol. The van der Waals surface area contributed by atoms with E-state index in [2.05, 4.69) is 27.7 Å². The van der Waals surface area contributed by atoms with Gasteiger partial charge in [0.1, 0.15) is 5.82 Å². The zero-order chi connectivity index (χ0) is 15.6. The number of rotatable bonds is 2. The van der Waals surface area contributed by atoms with Crippen LogP contribution >= 0.6 is 11.6 Å². The first-order valence-corrected chi connectivity index (χ1v) is 7.64. The number of nitrogens with zero attached hydrogens (tertiary/aromatic N) is 2. The third-order valence-electron chi connectivity index (χ3n) is 5.55. The number of nitrogens with two attached hydrogens (primary N) is 1. The van der Waals surface area contributed by atoms with Crippen LogP contribution in [0.5, 0.6) is 0 Å². The van der Waals surface area contributed by atoms with Crippen LogP contribution in [0.25, 0.3) is 11.1 Å². The topological polar surface area (TPSA) is 43.8 Å². The number of aryl methyl sites for hydroxylation is 1. The van der Waals surface area contributed by atoms with Gasteiger partial charge in [0.05, 0.1) is 5.69 Å². The van der Waals surface area contributed by atoms with E-state index in [4.69, 9.17) is 22.4 Å². The van der Waals surface area contributed by atoms with Crippen molar-refractivity contribution in [2.75, 3.05) is 5.73 Å². The van der Waals surface area contributed by atoms with Gasteiger partial charge in [-0.1, -0.05) is 51.4 Å². The molecule has 1 aromatic carbocycles. The summed E-state index contributed by atoms with van der Waals surface area (Å²) in [6.45, 7) is 9.20. The van der Waals surface area contributed by atoms with Gasteiger partial charge in [-0.3, -0.25) is 4.68 Å². The Bertz CT molecular complexity index is 682. The van der Waals surface area contributed by atoms with Gasteiger partial charge in [-0.25, -0.2) is 0 Å². The molecule has 0 bridgehead atoms. The number of aromatic nitrogens is 2. The number of hydrogen-bond acceptors (Lipinski definition) is 2. The van der Waals surface area contributed by atoms with Gasteiger partial charge in [-0.05, 0) is 28.5 Å². The first kappa shape index (κ1) is 14.5. The molecule has 0 spiro atoms. The van der Waals surface area contributed by atoms with Crippen LogP contribution in [0.1, 0.15) is 39.3 Å². The van der Waals surface area contributed by atoms with Gasteiger partial charge in [0.15, 0.2) is 0 Å². The van der Waals surface area contributed by atoms with Gasteiger partial charge in [-0.2, -0.15) is 5.10 Å². The second kappa shape index (κ2) is 4.26. The highest BCUT2D eigenvalue weighted by atomic mass is 35.5. The van der Waals surface area contributed by atoms with E-state index in [-0.39, 0.29) is 10.8 Å². The molecule has 3 rings (SSSR count). The van der Waals surface area contributed by atoms with Crippen molar-refractivity contribution in [3.05, 3.63) is 35.0 Å². The monoisotopic (exact) mass is 303 g/mol. The maximum Gasteiger partial charge on any atom is 0.129 e. The van der Waals surface area contributed by atoms with E-state index >= 15 is 0 Å². The van der Waals surface area contributed by atoms with Crippen LogP contribution in [0.4, 0.5) is 5.82 Å². The molecule has 4 heteroatoms. The highest BCUT2D eigenvalue weighted by molar-refractivity contribution is 6.30. The molecule has 1 aromatic heterocycles. The van der Waals surface area contributed by atoms with Crippen LogP contribution in [0.3, 0.4) is 0 Å². The minimum absolute atomic E-state index is 0.231. The summed E-state index contributed by atoms with van der Waals surface area (Å²) >= 11 is 6.00. The van der Waals surface area contributed by atoms with Crippen LogP contribution in [0.2, 0.25) is 5.02 Å². The van der Waals surface area contributed by atoms with Crippen LogP contribution in [0.15, 0.2) is 24.3 Å². The number of anilines is 1. The Morgan fingerprint density at radius 3 is 2.10 bits per heavy atom. The van der Waals surface area contributed by atoms with Gasteiger partial charge >= 0.3 is 0 Å². The van der Waals surface area contributed by atoms with Crippen molar-refractivity contribution in [1.82, 2.24) is 9.78 Å². The van der Waals surface area contributed by atoms with Crippen molar-refractivity contribution >= 4 is 17.4 Å². The van der Waals surface area contributed by atoms with Crippen molar-refractivity contribution in [2.24, 2.45) is 17.9 Å². The van der Waals surface area contributed by atoms with E-state index in [0.29, 0.717) is 11.7 Å². The zero-order valence-corrected chi connectivity index (χ0v) is 14.0. The minimum Gasteiger partial charge on any atom is -0.383 e. The Hall–Kier alpha value is -1.48. The molecule has 0 atom stereocenters. The van der Waals surface area contributed by atoms with E-state index in [1.165, 1.54) is 0 Å². The van der Waals surface area contributed by atoms with Crippen molar-refractivity contribution in [3.8, 4) is 11.1 Å². The summed E-state index contributed by atoms with van der Waals surface area (Å²) in [5.41, 5.74) is 9.99. The lowest BCUT2D eigenvalue weighted by atomic mass is 9.99. The number of benzene rings is 1.